The van der Waals surface area contributed by atoms with E-state index in [1.807, 2.05) is 6.08 Å². The van der Waals surface area contributed by atoms with Crippen molar-refractivity contribution in [2.75, 3.05) is 6.61 Å². The molecule has 2 heteroatoms. The Morgan fingerprint density at radius 3 is 2.57 bits per heavy atom. The second-order valence-corrected chi connectivity index (χ2v) is 3.46. The van der Waals surface area contributed by atoms with Gasteiger partial charge in [0.25, 0.3) is 6.47 Å². The lowest BCUT2D eigenvalue weighted by molar-refractivity contribution is -0.127. The van der Waals surface area contributed by atoms with Crippen LogP contribution >= 0.6 is 0 Å². The maximum atomic E-state index is 9.92. The first-order valence-electron chi connectivity index (χ1n) is 5.58. The van der Waals surface area contributed by atoms with Gasteiger partial charge in [-0.25, -0.2) is 0 Å². The summed E-state index contributed by atoms with van der Waals surface area (Å²) >= 11 is 0. The van der Waals surface area contributed by atoms with Gasteiger partial charge in [-0.15, -0.1) is 0 Å². The monoisotopic (exact) mass is 198 g/mol. The summed E-state index contributed by atoms with van der Waals surface area (Å²) in [5.41, 5.74) is 1.41. The molecule has 0 amide bonds. The molecule has 0 spiro atoms. The van der Waals surface area contributed by atoms with Crippen LogP contribution in [0.3, 0.4) is 0 Å². The quantitative estimate of drug-likeness (QED) is 0.322. The fraction of sp³-hybridized carbons (Fsp3) is 0.750. The molecular weight excluding hydrogens is 176 g/mol. The van der Waals surface area contributed by atoms with Crippen molar-refractivity contribution in [3.8, 4) is 0 Å². The van der Waals surface area contributed by atoms with Gasteiger partial charge in [-0.05, 0) is 25.3 Å². The van der Waals surface area contributed by atoms with E-state index < -0.39 is 0 Å². The Balaban J connectivity index is 3.55. The third kappa shape index (κ3) is 7.84. The van der Waals surface area contributed by atoms with Crippen LogP contribution in [0.2, 0.25) is 0 Å². The van der Waals surface area contributed by atoms with E-state index in [9.17, 15) is 4.79 Å². The number of hydrogen-bond acceptors (Lipinski definition) is 2. The van der Waals surface area contributed by atoms with Crippen LogP contribution in [-0.2, 0) is 9.53 Å². The van der Waals surface area contributed by atoms with Crippen molar-refractivity contribution in [2.24, 2.45) is 0 Å². The van der Waals surface area contributed by atoms with Crippen molar-refractivity contribution in [3.63, 3.8) is 0 Å². The molecule has 0 saturated carbocycles. The molecule has 0 rings (SSSR count). The summed E-state index contributed by atoms with van der Waals surface area (Å²) in [6, 6.07) is 0. The van der Waals surface area contributed by atoms with Crippen LogP contribution in [0.15, 0.2) is 11.6 Å². The molecule has 0 unspecified atom stereocenters. The second-order valence-electron chi connectivity index (χ2n) is 3.46. The number of hydrogen-bond donors (Lipinski definition) is 0. The average molecular weight is 198 g/mol. The van der Waals surface area contributed by atoms with Crippen molar-refractivity contribution in [1.29, 1.82) is 0 Å². The Labute approximate surface area is 87.3 Å². The predicted molar refractivity (Wildman–Crippen MR) is 59.1 cm³/mol. The van der Waals surface area contributed by atoms with Crippen molar-refractivity contribution in [1.82, 2.24) is 0 Å². The average Bonchev–Trinajstić information content (AvgIpc) is 2.22. The van der Waals surface area contributed by atoms with Crippen LogP contribution in [0.5, 0.6) is 0 Å². The highest BCUT2D eigenvalue weighted by atomic mass is 16.5. The van der Waals surface area contributed by atoms with Gasteiger partial charge in [0, 0.05) is 0 Å². The van der Waals surface area contributed by atoms with E-state index in [1.54, 1.807) is 0 Å². The first-order valence-corrected chi connectivity index (χ1v) is 5.58. The summed E-state index contributed by atoms with van der Waals surface area (Å²) in [6.07, 6.45) is 9.41. The Bertz CT molecular complexity index is 162. The fourth-order valence-corrected chi connectivity index (χ4v) is 1.41. The zero-order valence-electron chi connectivity index (χ0n) is 9.42. The highest BCUT2D eigenvalue weighted by molar-refractivity contribution is 5.37. The summed E-state index contributed by atoms with van der Waals surface area (Å²) in [7, 11) is 0. The zero-order chi connectivity index (χ0) is 10.6. The number of carbonyl (C=O) groups excluding carboxylic acids is 1. The van der Waals surface area contributed by atoms with Crippen LogP contribution in [0.4, 0.5) is 0 Å². The molecule has 0 heterocycles. The molecule has 0 radical (unpaired) electrons. The summed E-state index contributed by atoms with van der Waals surface area (Å²) in [4.78, 5) is 9.92. The molecule has 0 aromatic carbocycles. The number of carbonyl (C=O) groups is 1. The number of rotatable bonds is 9. The van der Waals surface area contributed by atoms with Gasteiger partial charge in [-0.1, -0.05) is 38.7 Å². The summed E-state index contributed by atoms with van der Waals surface area (Å²) in [5.74, 6) is 0. The fourth-order valence-electron chi connectivity index (χ4n) is 1.41. The molecule has 0 atom stereocenters. The van der Waals surface area contributed by atoms with E-state index in [2.05, 4.69) is 18.6 Å². The molecule has 82 valence electrons. The van der Waals surface area contributed by atoms with Gasteiger partial charge >= 0.3 is 0 Å². The standard InChI is InChI=1S/C12H22O2/c1-3-5-6-7-8-12(4-2)9-10-14-11-13/h9,11H,3-8,10H2,1-2H3/b12-9-. The normalized spacial score (nSPS) is 11.4. The van der Waals surface area contributed by atoms with Gasteiger partial charge in [0.05, 0.1) is 0 Å². The molecule has 0 saturated heterocycles. The van der Waals surface area contributed by atoms with Crippen LogP contribution in [0.25, 0.3) is 0 Å². The Hall–Kier alpha value is -0.790. The van der Waals surface area contributed by atoms with Crippen molar-refractivity contribution in [2.45, 2.75) is 52.4 Å². The van der Waals surface area contributed by atoms with Gasteiger partial charge in [0.1, 0.15) is 6.61 Å². The van der Waals surface area contributed by atoms with Crippen LogP contribution in [0.1, 0.15) is 52.4 Å². The molecule has 0 aliphatic heterocycles. The van der Waals surface area contributed by atoms with E-state index in [1.165, 1.54) is 31.3 Å². The topological polar surface area (TPSA) is 26.3 Å². The van der Waals surface area contributed by atoms with Gasteiger partial charge in [0.15, 0.2) is 0 Å². The molecule has 0 aromatic heterocycles. The lowest BCUT2D eigenvalue weighted by atomic mass is 10.0. The van der Waals surface area contributed by atoms with Crippen molar-refractivity contribution >= 4 is 6.47 Å². The summed E-state index contributed by atoms with van der Waals surface area (Å²) in [6.45, 7) is 5.29. The minimum atomic E-state index is 0.431. The van der Waals surface area contributed by atoms with Gasteiger partial charge in [-0.3, -0.25) is 4.79 Å². The van der Waals surface area contributed by atoms with Crippen molar-refractivity contribution in [3.05, 3.63) is 11.6 Å². The number of unbranched alkanes of at least 4 members (excludes halogenated alkanes) is 3. The third-order valence-electron chi connectivity index (χ3n) is 2.34. The predicted octanol–water partition coefficient (Wildman–Crippen LogP) is 3.47. The molecule has 0 aromatic rings. The highest BCUT2D eigenvalue weighted by Crippen LogP contribution is 2.12. The lowest BCUT2D eigenvalue weighted by Gasteiger charge is -2.04. The Morgan fingerprint density at radius 2 is 2.00 bits per heavy atom. The second kappa shape index (κ2) is 10.3. The minimum absolute atomic E-state index is 0.431. The maximum absolute atomic E-state index is 9.92. The van der Waals surface area contributed by atoms with E-state index in [-0.39, 0.29) is 0 Å². The molecule has 0 N–H and O–H groups in total. The molecule has 14 heavy (non-hydrogen) atoms. The zero-order valence-corrected chi connectivity index (χ0v) is 9.42. The SMILES string of the molecule is CCCCCC/C(=C\COC=O)CC. The van der Waals surface area contributed by atoms with E-state index >= 15 is 0 Å². The van der Waals surface area contributed by atoms with Gasteiger partial charge < -0.3 is 4.74 Å². The molecule has 0 aliphatic rings. The first-order chi connectivity index (χ1) is 6.85. The van der Waals surface area contributed by atoms with E-state index in [0.717, 1.165) is 12.8 Å². The largest absolute Gasteiger partial charge is 0.464 e. The maximum Gasteiger partial charge on any atom is 0.293 e. The van der Waals surface area contributed by atoms with Gasteiger partial charge in [0.2, 0.25) is 0 Å². The molecule has 0 aliphatic carbocycles. The highest BCUT2D eigenvalue weighted by Gasteiger charge is 1.94. The summed E-state index contributed by atoms with van der Waals surface area (Å²) < 4.78 is 4.64. The Kier molecular flexibility index (Phi) is 9.71. The third-order valence-corrected chi connectivity index (χ3v) is 2.34. The van der Waals surface area contributed by atoms with E-state index in [4.69, 9.17) is 0 Å². The first kappa shape index (κ1) is 13.2. The summed E-state index contributed by atoms with van der Waals surface area (Å²) in [5, 5.41) is 0. The number of ether oxygens (including phenoxy) is 1. The Morgan fingerprint density at radius 1 is 1.21 bits per heavy atom. The smallest absolute Gasteiger partial charge is 0.293 e. The minimum Gasteiger partial charge on any atom is -0.464 e. The van der Waals surface area contributed by atoms with Gasteiger partial charge in [-0.2, -0.15) is 0 Å². The molecule has 2 nitrogen and oxygen atoms in total. The van der Waals surface area contributed by atoms with Crippen molar-refractivity contribution < 1.29 is 9.53 Å². The number of allylic oxidation sites excluding steroid dienone is 1. The van der Waals surface area contributed by atoms with Crippen LogP contribution in [0, 0.1) is 0 Å². The van der Waals surface area contributed by atoms with Crippen LogP contribution < -0.4 is 0 Å². The molecular formula is C12H22O2. The lowest BCUT2D eigenvalue weighted by Crippen LogP contribution is -1.90. The van der Waals surface area contributed by atoms with E-state index in [0.29, 0.717) is 13.1 Å². The molecule has 0 fully saturated rings. The van der Waals surface area contributed by atoms with Crippen LogP contribution in [-0.4, -0.2) is 13.1 Å². The molecule has 0 bridgehead atoms.